The van der Waals surface area contributed by atoms with E-state index in [9.17, 15) is 19.8 Å². The Morgan fingerprint density at radius 1 is 1.21 bits per heavy atom. The molecular weight excluding hydrogens is 304 g/mol. The maximum Gasteiger partial charge on any atom is 0.309 e. The molecule has 5 atom stereocenters. The lowest BCUT2D eigenvalue weighted by atomic mass is 9.43. The molecule has 2 N–H and O–H groups in total. The molecule has 0 saturated heterocycles. The van der Waals surface area contributed by atoms with Crippen molar-refractivity contribution in [2.45, 2.75) is 71.8 Å². The van der Waals surface area contributed by atoms with Crippen molar-refractivity contribution < 1.29 is 19.8 Å². The van der Waals surface area contributed by atoms with Crippen molar-refractivity contribution in [1.82, 2.24) is 0 Å². The van der Waals surface area contributed by atoms with Crippen LogP contribution in [0.4, 0.5) is 0 Å². The standard InChI is InChI=1S/C20H30O4/c1-12(2)13-11-20(24)9-6-15-18(3,16(20)10-14(13)21)7-5-8-19(15,4)17(22)23/h11-12,15-16,24H,5-10H2,1-4H3,(H,22,23)/t15-,16+,18+,19-,20+/m1/s1. The first kappa shape index (κ1) is 17.7. The second-order valence-electron chi connectivity index (χ2n) is 9.10. The number of ketones is 1. The number of aliphatic carboxylic acids is 1. The van der Waals surface area contributed by atoms with Gasteiger partial charge in [-0.25, -0.2) is 0 Å². The van der Waals surface area contributed by atoms with E-state index >= 15 is 0 Å². The normalized spacial score (nSPS) is 45.4. The number of carbonyl (C=O) groups excluding carboxylic acids is 1. The summed E-state index contributed by atoms with van der Waals surface area (Å²) in [5.74, 6) is -0.641. The molecule has 3 aliphatic rings. The highest BCUT2D eigenvalue weighted by Gasteiger charge is 2.63. The van der Waals surface area contributed by atoms with Gasteiger partial charge in [-0.3, -0.25) is 9.59 Å². The fraction of sp³-hybridized carbons (Fsp3) is 0.800. The zero-order chi connectivity index (χ0) is 17.9. The van der Waals surface area contributed by atoms with Gasteiger partial charge in [0.05, 0.1) is 11.0 Å². The molecule has 2 fully saturated rings. The Labute approximate surface area is 144 Å². The van der Waals surface area contributed by atoms with Crippen LogP contribution in [0.25, 0.3) is 0 Å². The summed E-state index contributed by atoms with van der Waals surface area (Å²) < 4.78 is 0. The quantitative estimate of drug-likeness (QED) is 0.809. The fourth-order valence-electron chi connectivity index (χ4n) is 6.08. The van der Waals surface area contributed by atoms with Crippen LogP contribution in [0.2, 0.25) is 0 Å². The third-order valence-corrected chi connectivity index (χ3v) is 7.44. The number of hydrogen-bond acceptors (Lipinski definition) is 3. The number of allylic oxidation sites excluding steroid dienone is 1. The number of aliphatic hydroxyl groups is 1. The smallest absolute Gasteiger partial charge is 0.309 e. The van der Waals surface area contributed by atoms with Gasteiger partial charge in [0.2, 0.25) is 0 Å². The van der Waals surface area contributed by atoms with Gasteiger partial charge < -0.3 is 10.2 Å². The van der Waals surface area contributed by atoms with Gasteiger partial charge in [-0.15, -0.1) is 0 Å². The second-order valence-corrected chi connectivity index (χ2v) is 9.10. The molecule has 0 heterocycles. The van der Waals surface area contributed by atoms with Crippen molar-refractivity contribution >= 4 is 11.8 Å². The summed E-state index contributed by atoms with van der Waals surface area (Å²) in [7, 11) is 0. The van der Waals surface area contributed by atoms with Crippen molar-refractivity contribution in [2.24, 2.45) is 28.6 Å². The topological polar surface area (TPSA) is 74.6 Å². The van der Waals surface area contributed by atoms with Crippen LogP contribution in [0.5, 0.6) is 0 Å². The lowest BCUT2D eigenvalue weighted by Gasteiger charge is -2.61. The van der Waals surface area contributed by atoms with Crippen LogP contribution in [-0.4, -0.2) is 27.6 Å². The average Bonchev–Trinajstić information content (AvgIpc) is 2.47. The van der Waals surface area contributed by atoms with Gasteiger partial charge in [-0.2, -0.15) is 0 Å². The van der Waals surface area contributed by atoms with Gasteiger partial charge in [0.25, 0.3) is 0 Å². The molecule has 134 valence electrons. The molecule has 0 spiro atoms. The molecule has 4 heteroatoms. The van der Waals surface area contributed by atoms with Gasteiger partial charge in [-0.05, 0) is 61.5 Å². The molecule has 0 aromatic carbocycles. The van der Waals surface area contributed by atoms with Gasteiger partial charge in [-0.1, -0.05) is 27.2 Å². The highest BCUT2D eigenvalue weighted by Crippen LogP contribution is 2.64. The van der Waals surface area contributed by atoms with Gasteiger partial charge in [0.15, 0.2) is 5.78 Å². The van der Waals surface area contributed by atoms with Crippen molar-refractivity contribution in [3.8, 4) is 0 Å². The van der Waals surface area contributed by atoms with E-state index in [1.165, 1.54) is 0 Å². The maximum atomic E-state index is 12.6. The van der Waals surface area contributed by atoms with Gasteiger partial charge in [0.1, 0.15) is 0 Å². The predicted octanol–water partition coefficient (Wildman–Crippen LogP) is 3.58. The molecule has 0 amide bonds. The SMILES string of the molecule is CC(C)C1=C[C@@]2(O)CC[C@@H]3[C@](C)(CCC[C@@]3(C)C(=O)O)[C@@H]2CC1=O. The third kappa shape index (κ3) is 2.29. The minimum atomic E-state index is -0.963. The Kier molecular flexibility index (Phi) is 3.99. The van der Waals surface area contributed by atoms with Crippen LogP contribution < -0.4 is 0 Å². The Hall–Kier alpha value is -1.16. The molecule has 0 radical (unpaired) electrons. The van der Waals surface area contributed by atoms with Crippen molar-refractivity contribution in [1.29, 1.82) is 0 Å². The summed E-state index contributed by atoms with van der Waals surface area (Å²) in [5.41, 5.74) is -1.27. The lowest BCUT2D eigenvalue weighted by Crippen LogP contribution is -2.61. The Morgan fingerprint density at radius 2 is 1.88 bits per heavy atom. The summed E-state index contributed by atoms with van der Waals surface area (Å²) in [5, 5.41) is 21.2. The highest BCUT2D eigenvalue weighted by molar-refractivity contribution is 5.97. The van der Waals surface area contributed by atoms with Crippen molar-refractivity contribution in [2.75, 3.05) is 0 Å². The largest absolute Gasteiger partial charge is 0.481 e. The Bertz CT molecular complexity index is 607. The van der Waals surface area contributed by atoms with Crippen LogP contribution in [0.1, 0.15) is 66.2 Å². The van der Waals surface area contributed by atoms with E-state index in [0.29, 0.717) is 25.7 Å². The first-order valence-electron chi connectivity index (χ1n) is 9.26. The summed E-state index contributed by atoms with van der Waals surface area (Å²) in [6.45, 7) is 7.96. The minimum Gasteiger partial charge on any atom is -0.481 e. The van der Waals surface area contributed by atoms with E-state index in [-0.39, 0.29) is 29.0 Å². The molecule has 3 aliphatic carbocycles. The molecule has 0 unspecified atom stereocenters. The first-order valence-corrected chi connectivity index (χ1v) is 9.26. The number of rotatable bonds is 2. The first-order chi connectivity index (χ1) is 11.0. The summed E-state index contributed by atoms with van der Waals surface area (Å²) in [4.78, 5) is 24.6. The molecule has 0 bridgehead atoms. The molecule has 0 aliphatic heterocycles. The zero-order valence-corrected chi connectivity index (χ0v) is 15.3. The lowest BCUT2D eigenvalue weighted by molar-refractivity contribution is -0.186. The number of Topliss-reactive ketones (excluding diaryl/α,β-unsaturated/α-hetero) is 1. The van der Waals surface area contributed by atoms with Gasteiger partial charge >= 0.3 is 5.97 Å². The maximum absolute atomic E-state index is 12.6. The monoisotopic (exact) mass is 334 g/mol. The van der Waals surface area contributed by atoms with Crippen molar-refractivity contribution in [3.05, 3.63) is 11.6 Å². The van der Waals surface area contributed by atoms with E-state index in [0.717, 1.165) is 18.4 Å². The summed E-state index contributed by atoms with van der Waals surface area (Å²) in [6.07, 6.45) is 5.87. The molecule has 2 saturated carbocycles. The van der Waals surface area contributed by atoms with Crippen LogP contribution in [-0.2, 0) is 9.59 Å². The van der Waals surface area contributed by atoms with E-state index in [1.54, 1.807) is 0 Å². The van der Waals surface area contributed by atoms with Crippen LogP contribution in [0.15, 0.2) is 11.6 Å². The van der Waals surface area contributed by atoms with Crippen LogP contribution in [0, 0.1) is 28.6 Å². The van der Waals surface area contributed by atoms with Crippen molar-refractivity contribution in [3.63, 3.8) is 0 Å². The number of fused-ring (bicyclic) bond motifs is 3. The second kappa shape index (κ2) is 5.42. The van der Waals surface area contributed by atoms with E-state index in [1.807, 2.05) is 26.8 Å². The minimum absolute atomic E-state index is 0.0170. The zero-order valence-electron chi connectivity index (χ0n) is 15.3. The molecule has 24 heavy (non-hydrogen) atoms. The Morgan fingerprint density at radius 3 is 2.46 bits per heavy atom. The summed E-state index contributed by atoms with van der Waals surface area (Å²) >= 11 is 0. The summed E-state index contributed by atoms with van der Waals surface area (Å²) in [6, 6.07) is 0. The van der Waals surface area contributed by atoms with E-state index < -0.39 is 17.0 Å². The molecule has 4 nitrogen and oxygen atoms in total. The number of carboxylic acids is 1. The van der Waals surface area contributed by atoms with Crippen LogP contribution >= 0.6 is 0 Å². The predicted molar refractivity (Wildman–Crippen MR) is 91.4 cm³/mol. The van der Waals surface area contributed by atoms with E-state index in [2.05, 4.69) is 6.92 Å². The average molecular weight is 334 g/mol. The molecule has 3 rings (SSSR count). The number of carboxylic acid groups (broad SMARTS) is 1. The third-order valence-electron chi connectivity index (χ3n) is 7.44. The highest BCUT2D eigenvalue weighted by atomic mass is 16.4. The molecule has 0 aromatic heterocycles. The Balaban J connectivity index is 2.05. The fourth-order valence-corrected chi connectivity index (χ4v) is 6.08. The number of carbonyl (C=O) groups is 2. The number of hydrogen-bond donors (Lipinski definition) is 2. The van der Waals surface area contributed by atoms with Gasteiger partial charge in [0, 0.05) is 12.3 Å². The van der Waals surface area contributed by atoms with Crippen LogP contribution in [0.3, 0.4) is 0 Å². The molecular formula is C20H30O4. The molecule has 0 aromatic rings. The van der Waals surface area contributed by atoms with E-state index in [4.69, 9.17) is 0 Å².